The number of hydrogen-bond acceptors (Lipinski definition) is 5. The average molecular weight is 320 g/mol. The van der Waals surface area contributed by atoms with Crippen LogP contribution < -0.4 is 11.1 Å². The third kappa shape index (κ3) is 4.74. The lowest BCUT2D eigenvalue weighted by Crippen LogP contribution is -2.51. The van der Waals surface area contributed by atoms with Gasteiger partial charge in [0.05, 0.1) is 12.5 Å². The zero-order valence-electron chi connectivity index (χ0n) is 13.6. The van der Waals surface area contributed by atoms with Crippen molar-refractivity contribution < 1.29 is 14.3 Å². The van der Waals surface area contributed by atoms with Crippen LogP contribution in [0.25, 0.3) is 0 Å². The summed E-state index contributed by atoms with van der Waals surface area (Å²) in [7, 11) is 1.51. The maximum atomic E-state index is 12.4. The molecule has 7 heteroatoms. The smallest absolute Gasteiger partial charge is 0.241 e. The van der Waals surface area contributed by atoms with Crippen LogP contribution in [-0.2, 0) is 14.3 Å². The van der Waals surface area contributed by atoms with Gasteiger partial charge in [-0.05, 0) is 31.4 Å². The normalized spacial score (nSPS) is 19.3. The second-order valence-electron chi connectivity index (χ2n) is 5.90. The van der Waals surface area contributed by atoms with Crippen molar-refractivity contribution in [2.45, 2.75) is 25.8 Å². The number of amides is 2. The lowest BCUT2D eigenvalue weighted by Gasteiger charge is -2.33. The number of likely N-dealkylation sites (tertiary alicyclic amines) is 1. The molecule has 1 aliphatic heterocycles. The van der Waals surface area contributed by atoms with E-state index in [0.29, 0.717) is 18.9 Å². The fourth-order valence-corrected chi connectivity index (χ4v) is 2.65. The Morgan fingerprint density at radius 3 is 2.96 bits per heavy atom. The van der Waals surface area contributed by atoms with Crippen LogP contribution in [0.15, 0.2) is 18.3 Å². The van der Waals surface area contributed by atoms with Crippen molar-refractivity contribution in [3.05, 3.63) is 23.9 Å². The summed E-state index contributed by atoms with van der Waals surface area (Å²) in [5, 5.41) is 2.81. The van der Waals surface area contributed by atoms with E-state index < -0.39 is 6.04 Å². The first-order valence-electron chi connectivity index (χ1n) is 7.78. The molecule has 1 aromatic heterocycles. The number of aryl methyl sites for hydroxylation is 1. The first-order valence-corrected chi connectivity index (χ1v) is 7.78. The van der Waals surface area contributed by atoms with Gasteiger partial charge in [-0.25, -0.2) is 4.98 Å². The summed E-state index contributed by atoms with van der Waals surface area (Å²) in [6, 6.07) is 2.98. The second-order valence-corrected chi connectivity index (χ2v) is 5.90. The number of anilines is 1. The van der Waals surface area contributed by atoms with Crippen molar-refractivity contribution in [2.24, 2.45) is 11.7 Å². The highest BCUT2D eigenvalue weighted by Gasteiger charge is 2.30. The number of carbonyl (C=O) groups excluding carboxylic acids is 2. The molecule has 1 aliphatic rings. The Balaban J connectivity index is 1.93. The van der Waals surface area contributed by atoms with Crippen LogP contribution in [0, 0.1) is 12.8 Å². The molecule has 2 rings (SSSR count). The van der Waals surface area contributed by atoms with Crippen molar-refractivity contribution >= 4 is 17.6 Å². The standard InChI is InChI=1S/C16H24N4O3/c1-11-5-6-14(18-8-11)19-15(21)12-4-3-7-20(9-12)16(22)13(17)10-23-2/h5-6,8,12-13H,3-4,7,9-10,17H2,1-2H3,(H,18,19,21). The van der Waals surface area contributed by atoms with Gasteiger partial charge in [-0.2, -0.15) is 0 Å². The molecule has 2 unspecified atom stereocenters. The number of nitrogens with two attached hydrogens (primary N) is 1. The van der Waals surface area contributed by atoms with Gasteiger partial charge in [-0.15, -0.1) is 0 Å². The van der Waals surface area contributed by atoms with E-state index in [9.17, 15) is 9.59 Å². The molecule has 2 amide bonds. The molecule has 126 valence electrons. The molecule has 1 fully saturated rings. The molecule has 0 saturated carbocycles. The molecular weight excluding hydrogens is 296 g/mol. The van der Waals surface area contributed by atoms with Crippen LogP contribution in [0.2, 0.25) is 0 Å². The molecule has 1 aromatic rings. The Morgan fingerprint density at radius 1 is 1.52 bits per heavy atom. The van der Waals surface area contributed by atoms with E-state index in [-0.39, 0.29) is 24.3 Å². The number of nitrogens with one attached hydrogen (secondary N) is 1. The Kier molecular flexibility index (Phi) is 6.06. The van der Waals surface area contributed by atoms with Crippen LogP contribution in [0.3, 0.4) is 0 Å². The number of piperidine rings is 1. The molecule has 0 radical (unpaired) electrons. The van der Waals surface area contributed by atoms with Crippen LogP contribution in [-0.4, -0.2) is 54.5 Å². The highest BCUT2D eigenvalue weighted by Crippen LogP contribution is 2.19. The molecule has 3 N–H and O–H groups in total. The van der Waals surface area contributed by atoms with Crippen LogP contribution in [0.5, 0.6) is 0 Å². The molecule has 0 aliphatic carbocycles. The van der Waals surface area contributed by atoms with E-state index in [2.05, 4.69) is 10.3 Å². The van der Waals surface area contributed by atoms with Gasteiger partial charge in [0.25, 0.3) is 0 Å². The van der Waals surface area contributed by atoms with Crippen molar-refractivity contribution in [2.75, 3.05) is 32.1 Å². The molecule has 1 saturated heterocycles. The number of hydrogen-bond donors (Lipinski definition) is 2. The van der Waals surface area contributed by atoms with Gasteiger partial charge in [0.1, 0.15) is 11.9 Å². The number of nitrogens with zero attached hydrogens (tertiary/aromatic N) is 2. The van der Waals surface area contributed by atoms with Gasteiger partial charge < -0.3 is 20.7 Å². The minimum absolute atomic E-state index is 0.112. The summed E-state index contributed by atoms with van der Waals surface area (Å²) < 4.78 is 4.92. The van der Waals surface area contributed by atoms with Crippen LogP contribution in [0.4, 0.5) is 5.82 Å². The summed E-state index contributed by atoms with van der Waals surface area (Å²) in [4.78, 5) is 30.4. The largest absolute Gasteiger partial charge is 0.383 e. The number of aromatic nitrogens is 1. The zero-order valence-corrected chi connectivity index (χ0v) is 13.6. The molecule has 2 atom stereocenters. The Labute approximate surface area is 136 Å². The SMILES string of the molecule is COCC(N)C(=O)N1CCCC(C(=O)Nc2ccc(C)cn2)C1. The van der Waals surface area contributed by atoms with Crippen molar-refractivity contribution in [3.8, 4) is 0 Å². The Hall–Kier alpha value is -1.99. The predicted molar refractivity (Wildman–Crippen MR) is 86.8 cm³/mol. The molecule has 23 heavy (non-hydrogen) atoms. The molecule has 0 bridgehead atoms. The third-order valence-electron chi connectivity index (χ3n) is 3.93. The minimum atomic E-state index is -0.680. The molecule has 7 nitrogen and oxygen atoms in total. The zero-order chi connectivity index (χ0) is 16.8. The van der Waals surface area contributed by atoms with Crippen molar-refractivity contribution in [3.63, 3.8) is 0 Å². The van der Waals surface area contributed by atoms with E-state index >= 15 is 0 Å². The average Bonchev–Trinajstić information content (AvgIpc) is 2.56. The fraction of sp³-hybridized carbons (Fsp3) is 0.562. The third-order valence-corrected chi connectivity index (χ3v) is 3.93. The number of rotatable bonds is 5. The first kappa shape index (κ1) is 17.4. The topological polar surface area (TPSA) is 97.5 Å². The van der Waals surface area contributed by atoms with Gasteiger partial charge in [0.15, 0.2) is 0 Å². The highest BCUT2D eigenvalue weighted by atomic mass is 16.5. The van der Waals surface area contributed by atoms with Gasteiger partial charge in [0, 0.05) is 26.4 Å². The first-order chi connectivity index (χ1) is 11.0. The number of carbonyl (C=O) groups is 2. The van der Waals surface area contributed by atoms with E-state index in [0.717, 1.165) is 18.4 Å². The fourth-order valence-electron chi connectivity index (χ4n) is 2.65. The maximum Gasteiger partial charge on any atom is 0.241 e. The monoisotopic (exact) mass is 320 g/mol. The van der Waals surface area contributed by atoms with Crippen molar-refractivity contribution in [1.29, 1.82) is 0 Å². The van der Waals surface area contributed by atoms with Gasteiger partial charge in [0.2, 0.25) is 11.8 Å². The van der Waals surface area contributed by atoms with Gasteiger partial charge >= 0.3 is 0 Å². The number of methoxy groups -OCH3 is 1. The minimum Gasteiger partial charge on any atom is -0.383 e. The van der Waals surface area contributed by atoms with Crippen molar-refractivity contribution in [1.82, 2.24) is 9.88 Å². The second kappa shape index (κ2) is 8.03. The molecular formula is C16H24N4O3. The predicted octanol–water partition coefficient (Wildman–Crippen LogP) is 0.541. The molecule has 0 aromatic carbocycles. The quantitative estimate of drug-likeness (QED) is 0.825. The van der Waals surface area contributed by atoms with E-state index in [1.807, 2.05) is 13.0 Å². The van der Waals surface area contributed by atoms with Crippen LogP contribution in [0.1, 0.15) is 18.4 Å². The highest BCUT2D eigenvalue weighted by molar-refractivity contribution is 5.92. The summed E-state index contributed by atoms with van der Waals surface area (Å²) in [6.45, 7) is 3.13. The summed E-state index contributed by atoms with van der Waals surface area (Å²) in [5.74, 6) is 0.00246. The summed E-state index contributed by atoms with van der Waals surface area (Å²) in [5.41, 5.74) is 6.82. The number of ether oxygens (including phenoxy) is 1. The summed E-state index contributed by atoms with van der Waals surface area (Å²) in [6.07, 6.45) is 3.24. The van der Waals surface area contributed by atoms with Crippen LogP contribution >= 0.6 is 0 Å². The van der Waals surface area contributed by atoms with Gasteiger partial charge in [-0.3, -0.25) is 9.59 Å². The summed E-state index contributed by atoms with van der Waals surface area (Å²) >= 11 is 0. The Morgan fingerprint density at radius 2 is 2.30 bits per heavy atom. The van der Waals surface area contributed by atoms with E-state index in [1.165, 1.54) is 7.11 Å². The lowest BCUT2D eigenvalue weighted by molar-refractivity contribution is -0.136. The van der Waals surface area contributed by atoms with Gasteiger partial charge in [-0.1, -0.05) is 6.07 Å². The maximum absolute atomic E-state index is 12.4. The number of pyridine rings is 1. The Bertz CT molecular complexity index is 547. The lowest BCUT2D eigenvalue weighted by atomic mass is 9.96. The molecule has 2 heterocycles. The molecule has 0 spiro atoms. The van der Waals surface area contributed by atoms with E-state index in [4.69, 9.17) is 10.5 Å². The van der Waals surface area contributed by atoms with E-state index in [1.54, 1.807) is 17.2 Å².